The lowest BCUT2D eigenvalue weighted by Gasteiger charge is -2.25. The van der Waals surface area contributed by atoms with Gasteiger partial charge in [0.05, 0.1) is 23.9 Å². The number of methoxy groups -OCH3 is 1. The SMILES string of the molecule is COCC1(C(=O)O)CCN(C(=O)c2cnn(C(C)(C)C)c2C(F)(F)F)C1. The quantitative estimate of drug-likeness (QED) is 0.870. The number of carbonyl (C=O) groups excluding carboxylic acids is 1. The Kier molecular flexibility index (Phi) is 5.10. The number of alkyl halides is 3. The second-order valence-electron chi connectivity index (χ2n) is 7.48. The first-order valence-corrected chi connectivity index (χ1v) is 8.01. The molecule has 0 bridgehead atoms. The molecule has 1 amide bonds. The Hall–Kier alpha value is -2.10. The number of likely N-dealkylation sites (tertiary alicyclic amines) is 1. The van der Waals surface area contributed by atoms with Crippen molar-refractivity contribution < 1.29 is 32.6 Å². The predicted octanol–water partition coefficient (Wildman–Crippen LogP) is 2.22. The van der Waals surface area contributed by atoms with E-state index in [2.05, 4.69) is 5.10 Å². The van der Waals surface area contributed by atoms with Crippen molar-refractivity contribution in [2.24, 2.45) is 5.41 Å². The van der Waals surface area contributed by atoms with Crippen LogP contribution in [0.4, 0.5) is 13.2 Å². The van der Waals surface area contributed by atoms with Gasteiger partial charge in [-0.1, -0.05) is 0 Å². The Morgan fingerprint density at radius 3 is 2.42 bits per heavy atom. The highest BCUT2D eigenvalue weighted by Crippen LogP contribution is 2.37. The second-order valence-corrected chi connectivity index (χ2v) is 7.48. The number of hydrogen-bond donors (Lipinski definition) is 1. The van der Waals surface area contributed by atoms with Gasteiger partial charge in [-0.2, -0.15) is 18.3 Å². The third-order valence-electron chi connectivity index (χ3n) is 4.42. The highest BCUT2D eigenvalue weighted by atomic mass is 19.4. The molecule has 0 aromatic carbocycles. The summed E-state index contributed by atoms with van der Waals surface area (Å²) in [5.74, 6) is -2.02. The van der Waals surface area contributed by atoms with Crippen LogP contribution in [-0.4, -0.2) is 58.5 Å². The number of carbonyl (C=O) groups is 2. The average molecular weight is 377 g/mol. The van der Waals surface area contributed by atoms with Gasteiger partial charge >= 0.3 is 12.1 Å². The number of aromatic nitrogens is 2. The van der Waals surface area contributed by atoms with Crippen LogP contribution in [0.1, 0.15) is 43.2 Å². The van der Waals surface area contributed by atoms with Crippen molar-refractivity contribution in [3.63, 3.8) is 0 Å². The maximum atomic E-state index is 13.6. The van der Waals surface area contributed by atoms with Crippen LogP contribution in [0.2, 0.25) is 0 Å². The van der Waals surface area contributed by atoms with Gasteiger partial charge in [0.25, 0.3) is 5.91 Å². The van der Waals surface area contributed by atoms with Crippen LogP contribution in [0.15, 0.2) is 6.20 Å². The largest absolute Gasteiger partial charge is 0.481 e. The van der Waals surface area contributed by atoms with Crippen molar-refractivity contribution in [3.8, 4) is 0 Å². The normalized spacial score (nSPS) is 21.3. The number of rotatable bonds is 4. The van der Waals surface area contributed by atoms with E-state index in [4.69, 9.17) is 4.74 Å². The van der Waals surface area contributed by atoms with E-state index in [-0.39, 0.29) is 26.1 Å². The van der Waals surface area contributed by atoms with Gasteiger partial charge in [-0.25, -0.2) is 0 Å². The molecule has 0 spiro atoms. The van der Waals surface area contributed by atoms with Crippen molar-refractivity contribution in [2.75, 3.05) is 26.8 Å². The van der Waals surface area contributed by atoms with Gasteiger partial charge in [-0.05, 0) is 27.2 Å². The minimum absolute atomic E-state index is 0.0342. The molecule has 0 radical (unpaired) electrons. The van der Waals surface area contributed by atoms with E-state index in [0.29, 0.717) is 0 Å². The molecule has 1 aliphatic rings. The summed E-state index contributed by atoms with van der Waals surface area (Å²) in [5.41, 5.74) is -4.00. The smallest absolute Gasteiger partial charge is 0.433 e. The molecule has 1 aliphatic heterocycles. The van der Waals surface area contributed by atoms with Gasteiger partial charge in [0.15, 0.2) is 5.69 Å². The van der Waals surface area contributed by atoms with Crippen molar-refractivity contribution in [1.82, 2.24) is 14.7 Å². The lowest BCUT2D eigenvalue weighted by atomic mass is 9.88. The van der Waals surface area contributed by atoms with E-state index < -0.39 is 40.3 Å². The molecule has 7 nitrogen and oxygen atoms in total. The first-order chi connectivity index (χ1) is 11.8. The number of nitrogens with zero attached hydrogens (tertiary/aromatic N) is 3. The maximum Gasteiger partial charge on any atom is 0.433 e. The molecule has 0 saturated carbocycles. The van der Waals surface area contributed by atoms with Crippen LogP contribution in [0.5, 0.6) is 0 Å². The van der Waals surface area contributed by atoms with E-state index in [1.54, 1.807) is 20.8 Å². The fourth-order valence-corrected chi connectivity index (χ4v) is 3.13. The topological polar surface area (TPSA) is 84.7 Å². The Labute approximate surface area is 148 Å². The predicted molar refractivity (Wildman–Crippen MR) is 84.7 cm³/mol. The second kappa shape index (κ2) is 6.57. The first-order valence-electron chi connectivity index (χ1n) is 8.01. The number of carboxylic acid groups (broad SMARTS) is 1. The van der Waals surface area contributed by atoms with Gasteiger partial charge in [0.1, 0.15) is 5.41 Å². The van der Waals surface area contributed by atoms with Gasteiger partial charge < -0.3 is 14.7 Å². The molecule has 146 valence electrons. The third kappa shape index (κ3) is 3.55. The molecular weight excluding hydrogens is 355 g/mol. The number of amides is 1. The van der Waals surface area contributed by atoms with Crippen molar-refractivity contribution >= 4 is 11.9 Å². The molecule has 2 rings (SSSR count). The summed E-state index contributed by atoms with van der Waals surface area (Å²) in [6.45, 7) is 4.34. The van der Waals surface area contributed by atoms with Crippen LogP contribution >= 0.6 is 0 Å². The van der Waals surface area contributed by atoms with E-state index in [9.17, 15) is 27.9 Å². The summed E-state index contributed by atoms with van der Waals surface area (Å²) in [4.78, 5) is 25.4. The molecule has 1 fully saturated rings. The van der Waals surface area contributed by atoms with Crippen LogP contribution in [0, 0.1) is 5.41 Å². The van der Waals surface area contributed by atoms with Crippen molar-refractivity contribution in [2.45, 2.75) is 38.9 Å². The monoisotopic (exact) mass is 377 g/mol. The molecule has 26 heavy (non-hydrogen) atoms. The number of hydrogen-bond acceptors (Lipinski definition) is 4. The minimum atomic E-state index is -4.77. The molecular formula is C16H22F3N3O4. The molecule has 2 heterocycles. The Morgan fingerprint density at radius 2 is 1.96 bits per heavy atom. The van der Waals surface area contributed by atoms with Gasteiger partial charge in [-0.3, -0.25) is 14.3 Å². The lowest BCUT2D eigenvalue weighted by molar-refractivity contribution is -0.151. The lowest BCUT2D eigenvalue weighted by Crippen LogP contribution is -2.40. The van der Waals surface area contributed by atoms with Gasteiger partial charge in [-0.15, -0.1) is 0 Å². The summed E-state index contributed by atoms with van der Waals surface area (Å²) in [6, 6.07) is 0. The van der Waals surface area contributed by atoms with Crippen LogP contribution in [0.3, 0.4) is 0 Å². The molecule has 1 atom stereocenters. The fourth-order valence-electron chi connectivity index (χ4n) is 3.13. The number of halogens is 3. The molecule has 1 saturated heterocycles. The number of aliphatic carboxylic acids is 1. The standard InChI is InChI=1S/C16H22F3N3O4/c1-14(2,3)22-11(16(17,18)19)10(7-20-22)12(23)21-6-5-15(8-21,9-26-4)13(24)25/h7H,5-6,8-9H2,1-4H3,(H,24,25). The molecule has 1 aromatic heterocycles. The molecule has 1 unspecified atom stereocenters. The van der Waals surface area contributed by atoms with Crippen molar-refractivity contribution in [3.05, 3.63) is 17.5 Å². The maximum absolute atomic E-state index is 13.6. The summed E-state index contributed by atoms with van der Waals surface area (Å²) in [7, 11) is 1.34. The number of carboxylic acids is 1. The van der Waals surface area contributed by atoms with Crippen molar-refractivity contribution in [1.29, 1.82) is 0 Å². The zero-order valence-electron chi connectivity index (χ0n) is 15.1. The summed E-state index contributed by atoms with van der Waals surface area (Å²) in [6.07, 6.45) is -3.77. The average Bonchev–Trinajstić information content (AvgIpc) is 3.10. The number of ether oxygens (including phenoxy) is 1. The van der Waals surface area contributed by atoms with E-state index >= 15 is 0 Å². The van der Waals surface area contributed by atoms with Crippen LogP contribution in [-0.2, 0) is 21.2 Å². The molecule has 1 N–H and O–H groups in total. The molecule has 1 aromatic rings. The zero-order chi connectivity index (χ0) is 19.9. The summed E-state index contributed by atoms with van der Waals surface area (Å²) < 4.78 is 46.4. The highest BCUT2D eigenvalue weighted by molar-refractivity contribution is 5.96. The highest BCUT2D eigenvalue weighted by Gasteiger charge is 2.49. The van der Waals surface area contributed by atoms with Crippen LogP contribution in [0.25, 0.3) is 0 Å². The zero-order valence-corrected chi connectivity index (χ0v) is 15.1. The Balaban J connectivity index is 2.40. The van der Waals surface area contributed by atoms with Crippen LogP contribution < -0.4 is 0 Å². The van der Waals surface area contributed by atoms with Gasteiger partial charge in [0.2, 0.25) is 0 Å². The summed E-state index contributed by atoms with van der Waals surface area (Å²) >= 11 is 0. The minimum Gasteiger partial charge on any atom is -0.481 e. The molecule has 10 heteroatoms. The van der Waals surface area contributed by atoms with E-state index in [0.717, 1.165) is 15.8 Å². The summed E-state index contributed by atoms with van der Waals surface area (Å²) in [5, 5.41) is 13.2. The van der Waals surface area contributed by atoms with Gasteiger partial charge in [0, 0.05) is 20.2 Å². The van der Waals surface area contributed by atoms with E-state index in [1.807, 2.05) is 0 Å². The fraction of sp³-hybridized carbons (Fsp3) is 0.688. The Morgan fingerprint density at radius 1 is 1.35 bits per heavy atom. The van der Waals surface area contributed by atoms with E-state index in [1.165, 1.54) is 7.11 Å². The molecule has 0 aliphatic carbocycles. The third-order valence-corrected chi connectivity index (χ3v) is 4.42. The first kappa shape index (κ1) is 20.2. The Bertz CT molecular complexity index is 709.